The van der Waals surface area contributed by atoms with Crippen LogP contribution < -0.4 is 5.32 Å². The highest BCUT2D eigenvalue weighted by molar-refractivity contribution is 7.80. The molecule has 1 saturated heterocycles. The molecule has 1 aliphatic carbocycles. The van der Waals surface area contributed by atoms with Crippen molar-refractivity contribution < 1.29 is 9.90 Å². The van der Waals surface area contributed by atoms with Gasteiger partial charge in [-0.3, -0.25) is 4.98 Å². The molecule has 1 aromatic carbocycles. The molecule has 0 spiro atoms. The first-order chi connectivity index (χ1) is 16.5. The topological polar surface area (TPSA) is 70.4 Å². The predicted octanol–water partition coefficient (Wildman–Crippen LogP) is 5.49. The molecule has 2 aliphatic rings. The molecule has 1 saturated carbocycles. The van der Waals surface area contributed by atoms with Gasteiger partial charge in [0.2, 0.25) is 0 Å². The molecule has 2 atom stereocenters. The minimum absolute atomic E-state index is 0.0214. The van der Waals surface area contributed by atoms with Gasteiger partial charge < -0.3 is 19.9 Å². The van der Waals surface area contributed by atoms with Gasteiger partial charge in [-0.2, -0.15) is 0 Å². The van der Waals surface area contributed by atoms with Crippen LogP contribution in [-0.2, 0) is 0 Å². The van der Waals surface area contributed by atoms with Gasteiger partial charge in [0.25, 0.3) is 0 Å². The molecule has 2 aromatic heterocycles. The van der Waals surface area contributed by atoms with Crippen LogP contribution >= 0.6 is 12.2 Å². The van der Waals surface area contributed by atoms with Crippen LogP contribution in [0.15, 0.2) is 54.7 Å². The standard InChI is InChI=1S/C27H30N4O2S/c1-17-15-22(18(2)30(17)21-12-8-9-19(16-21)26(32)33)25-24(23-13-6-7-14-28-23)29-27(34)31(25)20-10-4-3-5-11-20/h6-9,12-16,20,24-25H,3-5,10-11H2,1-2H3,(H,29,34)(H,32,33)/t24-,25-/m0/s1. The molecule has 0 unspecified atom stereocenters. The molecule has 3 aromatic rings. The van der Waals surface area contributed by atoms with E-state index < -0.39 is 5.97 Å². The van der Waals surface area contributed by atoms with Crippen molar-refractivity contribution in [2.75, 3.05) is 0 Å². The Morgan fingerprint density at radius 1 is 1.09 bits per heavy atom. The highest BCUT2D eigenvalue weighted by atomic mass is 32.1. The minimum Gasteiger partial charge on any atom is -0.478 e. The molecule has 0 radical (unpaired) electrons. The van der Waals surface area contributed by atoms with Crippen LogP contribution in [0, 0.1) is 13.8 Å². The first-order valence-electron chi connectivity index (χ1n) is 12.0. The van der Waals surface area contributed by atoms with E-state index in [1.165, 1.54) is 24.8 Å². The first kappa shape index (κ1) is 22.6. The van der Waals surface area contributed by atoms with Gasteiger partial charge in [-0.25, -0.2) is 4.79 Å². The summed E-state index contributed by atoms with van der Waals surface area (Å²) in [5.41, 5.74) is 5.48. The number of benzene rings is 1. The average molecular weight is 475 g/mol. The van der Waals surface area contributed by atoms with Crippen molar-refractivity contribution in [2.45, 2.75) is 64.1 Å². The molecule has 0 bridgehead atoms. The largest absolute Gasteiger partial charge is 0.478 e. The Kier molecular flexibility index (Phi) is 6.13. The number of nitrogens with zero attached hydrogens (tertiary/aromatic N) is 3. The molecule has 5 rings (SSSR count). The average Bonchev–Trinajstić information content (AvgIpc) is 3.35. The lowest BCUT2D eigenvalue weighted by atomic mass is 9.90. The van der Waals surface area contributed by atoms with Gasteiger partial charge in [-0.05, 0) is 80.9 Å². The molecule has 6 nitrogen and oxygen atoms in total. The molecular formula is C27H30N4O2S. The second-order valence-electron chi connectivity index (χ2n) is 9.34. The minimum atomic E-state index is -0.923. The molecule has 34 heavy (non-hydrogen) atoms. The summed E-state index contributed by atoms with van der Waals surface area (Å²) in [5, 5.41) is 13.9. The Morgan fingerprint density at radius 2 is 1.88 bits per heavy atom. The zero-order valence-corrected chi connectivity index (χ0v) is 20.4. The van der Waals surface area contributed by atoms with Gasteiger partial charge in [0, 0.05) is 29.3 Å². The third-order valence-electron chi connectivity index (χ3n) is 7.24. The van der Waals surface area contributed by atoms with Crippen molar-refractivity contribution >= 4 is 23.3 Å². The smallest absolute Gasteiger partial charge is 0.335 e. The normalized spacial score (nSPS) is 21.0. The Bertz CT molecular complexity index is 1220. The number of carboxylic acid groups (broad SMARTS) is 1. The van der Waals surface area contributed by atoms with Crippen molar-refractivity contribution in [1.82, 2.24) is 19.8 Å². The number of thiocarbonyl (C=S) groups is 1. The van der Waals surface area contributed by atoms with E-state index in [9.17, 15) is 9.90 Å². The van der Waals surface area contributed by atoms with Gasteiger partial charge >= 0.3 is 5.97 Å². The van der Waals surface area contributed by atoms with Crippen molar-refractivity contribution in [3.63, 3.8) is 0 Å². The predicted molar refractivity (Wildman–Crippen MR) is 136 cm³/mol. The fourth-order valence-electron chi connectivity index (χ4n) is 5.71. The fourth-order valence-corrected chi connectivity index (χ4v) is 6.10. The Hall–Kier alpha value is -3.19. The first-order valence-corrected chi connectivity index (χ1v) is 12.4. The van der Waals surface area contributed by atoms with E-state index in [1.807, 2.05) is 24.4 Å². The lowest BCUT2D eigenvalue weighted by Gasteiger charge is -2.37. The summed E-state index contributed by atoms with van der Waals surface area (Å²) in [7, 11) is 0. The summed E-state index contributed by atoms with van der Waals surface area (Å²) in [4.78, 5) is 18.7. The lowest BCUT2D eigenvalue weighted by Crippen LogP contribution is -2.40. The second-order valence-corrected chi connectivity index (χ2v) is 9.73. The van der Waals surface area contributed by atoms with Crippen LogP contribution in [0.3, 0.4) is 0 Å². The van der Waals surface area contributed by atoms with E-state index >= 15 is 0 Å². The van der Waals surface area contributed by atoms with Gasteiger partial charge in [0.05, 0.1) is 23.3 Å². The second kappa shape index (κ2) is 9.22. The maximum absolute atomic E-state index is 11.6. The van der Waals surface area contributed by atoms with Crippen LogP contribution in [0.1, 0.15) is 77.2 Å². The zero-order chi connectivity index (χ0) is 23.8. The molecule has 2 fully saturated rings. The maximum atomic E-state index is 11.6. The van der Waals surface area contributed by atoms with Crippen molar-refractivity contribution in [3.05, 3.63) is 82.9 Å². The molecule has 3 heterocycles. The number of carbonyl (C=O) groups is 1. The summed E-state index contributed by atoms with van der Waals surface area (Å²) in [5.74, 6) is -0.923. The number of rotatable bonds is 5. The molecule has 7 heteroatoms. The van der Waals surface area contributed by atoms with E-state index in [0.29, 0.717) is 6.04 Å². The third-order valence-corrected chi connectivity index (χ3v) is 7.57. The summed E-state index contributed by atoms with van der Waals surface area (Å²) in [6.07, 6.45) is 7.87. The molecule has 176 valence electrons. The monoisotopic (exact) mass is 474 g/mol. The van der Waals surface area contributed by atoms with Gasteiger partial charge in [-0.1, -0.05) is 31.4 Å². The molecular weight excluding hydrogens is 444 g/mol. The van der Waals surface area contributed by atoms with Crippen molar-refractivity contribution in [2.24, 2.45) is 0 Å². The number of pyridine rings is 1. The van der Waals surface area contributed by atoms with E-state index in [0.717, 1.165) is 40.7 Å². The zero-order valence-electron chi connectivity index (χ0n) is 19.6. The van der Waals surface area contributed by atoms with Gasteiger partial charge in [-0.15, -0.1) is 0 Å². The molecule has 2 N–H and O–H groups in total. The van der Waals surface area contributed by atoms with E-state index in [2.05, 4.69) is 45.7 Å². The molecule has 1 aliphatic heterocycles. The highest BCUT2D eigenvalue weighted by Crippen LogP contribution is 2.44. The molecule has 0 amide bonds. The summed E-state index contributed by atoms with van der Waals surface area (Å²) >= 11 is 5.91. The van der Waals surface area contributed by atoms with Crippen LogP contribution in [0.25, 0.3) is 5.69 Å². The number of aromatic nitrogens is 2. The SMILES string of the molecule is Cc1cc([C@H]2[C@H](c3ccccn3)NC(=S)N2C2CCCCC2)c(C)n1-c1cccc(C(=O)O)c1. The van der Waals surface area contributed by atoms with Crippen LogP contribution in [0.2, 0.25) is 0 Å². The van der Waals surface area contributed by atoms with E-state index in [4.69, 9.17) is 12.2 Å². The number of aromatic carboxylic acids is 1. The Labute approximate surface area is 205 Å². The summed E-state index contributed by atoms with van der Waals surface area (Å²) < 4.78 is 2.15. The van der Waals surface area contributed by atoms with Gasteiger partial charge in [0.1, 0.15) is 0 Å². The highest BCUT2D eigenvalue weighted by Gasteiger charge is 2.44. The quantitative estimate of drug-likeness (QED) is 0.477. The fraction of sp³-hybridized carbons (Fsp3) is 0.370. The van der Waals surface area contributed by atoms with Crippen molar-refractivity contribution in [1.29, 1.82) is 0 Å². The maximum Gasteiger partial charge on any atom is 0.335 e. The van der Waals surface area contributed by atoms with Crippen molar-refractivity contribution in [3.8, 4) is 5.69 Å². The van der Waals surface area contributed by atoms with Crippen LogP contribution in [0.5, 0.6) is 0 Å². The third kappa shape index (κ3) is 3.98. The number of hydrogen-bond donors (Lipinski definition) is 2. The van der Waals surface area contributed by atoms with Gasteiger partial charge in [0.15, 0.2) is 5.11 Å². The number of aryl methyl sites for hydroxylation is 1. The number of carboxylic acids is 1. The Balaban J connectivity index is 1.62. The lowest BCUT2D eigenvalue weighted by molar-refractivity contribution is 0.0697. The van der Waals surface area contributed by atoms with E-state index in [1.54, 1.807) is 18.2 Å². The number of nitrogens with one attached hydrogen (secondary N) is 1. The van der Waals surface area contributed by atoms with E-state index in [-0.39, 0.29) is 17.6 Å². The number of hydrogen-bond acceptors (Lipinski definition) is 3. The van der Waals surface area contributed by atoms with Crippen LogP contribution in [-0.4, -0.2) is 36.7 Å². The van der Waals surface area contributed by atoms with Crippen LogP contribution in [0.4, 0.5) is 0 Å². The summed E-state index contributed by atoms with van der Waals surface area (Å²) in [6.45, 7) is 4.19. The Morgan fingerprint density at radius 3 is 2.59 bits per heavy atom. The summed E-state index contributed by atoms with van der Waals surface area (Å²) in [6, 6.07) is 15.8.